The summed E-state index contributed by atoms with van der Waals surface area (Å²) >= 11 is 0. The fraction of sp³-hybridized carbons (Fsp3) is 0.577. The van der Waals surface area contributed by atoms with Gasteiger partial charge in [0.1, 0.15) is 6.61 Å². The lowest BCUT2D eigenvalue weighted by atomic mass is 9.93. The Hall–Kier alpha value is -2.67. The van der Waals surface area contributed by atoms with Crippen molar-refractivity contribution in [2.45, 2.75) is 45.6 Å². The molecule has 0 saturated carbocycles. The zero-order valence-corrected chi connectivity index (χ0v) is 19.9. The molecule has 0 radical (unpaired) electrons. The Kier molecular flexibility index (Phi) is 9.48. The van der Waals surface area contributed by atoms with Gasteiger partial charge in [-0.3, -0.25) is 14.4 Å². The fourth-order valence-corrected chi connectivity index (χ4v) is 4.51. The van der Waals surface area contributed by atoms with Gasteiger partial charge >= 0.3 is 0 Å². The normalized spacial score (nSPS) is 21.1. The van der Waals surface area contributed by atoms with Crippen LogP contribution in [0.1, 0.15) is 38.7 Å². The first kappa shape index (κ1) is 25.0. The van der Waals surface area contributed by atoms with E-state index >= 15 is 0 Å². The molecule has 1 aromatic carbocycles. The van der Waals surface area contributed by atoms with E-state index in [2.05, 4.69) is 12.2 Å². The molecule has 180 valence electrons. The number of nitrogens with zero attached hydrogens (tertiary/aromatic N) is 3. The number of carbonyl (C=O) groups excluding carboxylic acids is 3. The Bertz CT molecular complexity index is 822. The molecule has 3 amide bonds. The summed E-state index contributed by atoms with van der Waals surface area (Å²) in [4.78, 5) is 44.0. The van der Waals surface area contributed by atoms with Gasteiger partial charge in [0.25, 0.3) is 0 Å². The fourth-order valence-electron chi connectivity index (χ4n) is 4.51. The van der Waals surface area contributed by atoms with Crippen molar-refractivity contribution in [3.05, 3.63) is 48.0 Å². The maximum Gasteiger partial charge on any atom is 0.248 e. The number of hydrogen-bond acceptors (Lipinski definition) is 4. The van der Waals surface area contributed by atoms with E-state index in [9.17, 15) is 14.4 Å². The van der Waals surface area contributed by atoms with Gasteiger partial charge in [-0.2, -0.15) is 0 Å². The number of ether oxygens (including phenoxy) is 1. The lowest BCUT2D eigenvalue weighted by molar-refractivity contribution is -0.142. The van der Waals surface area contributed by atoms with Crippen LogP contribution in [0, 0.1) is 5.92 Å². The van der Waals surface area contributed by atoms with Crippen molar-refractivity contribution in [1.82, 2.24) is 14.7 Å². The van der Waals surface area contributed by atoms with E-state index in [1.54, 1.807) is 14.7 Å². The van der Waals surface area contributed by atoms with E-state index in [4.69, 9.17) is 4.74 Å². The van der Waals surface area contributed by atoms with Gasteiger partial charge in [-0.05, 0) is 45.1 Å². The first-order valence-electron chi connectivity index (χ1n) is 12.2. The molecule has 3 rings (SSSR count). The highest BCUT2D eigenvalue weighted by Crippen LogP contribution is 2.22. The third-order valence-electron chi connectivity index (χ3n) is 6.53. The molecule has 0 aromatic heterocycles. The van der Waals surface area contributed by atoms with E-state index in [1.165, 1.54) is 0 Å². The molecule has 2 atom stereocenters. The minimum atomic E-state index is -0.394. The number of hydrogen-bond donors (Lipinski definition) is 0. The summed E-state index contributed by atoms with van der Waals surface area (Å²) in [5.74, 6) is -0.202. The van der Waals surface area contributed by atoms with Gasteiger partial charge in [-0.15, -0.1) is 0 Å². The maximum atomic E-state index is 13.2. The van der Waals surface area contributed by atoms with Gasteiger partial charge < -0.3 is 19.4 Å². The molecule has 7 nitrogen and oxygen atoms in total. The third kappa shape index (κ3) is 7.16. The van der Waals surface area contributed by atoms with E-state index in [-0.39, 0.29) is 36.8 Å². The Morgan fingerprint density at radius 3 is 2.52 bits per heavy atom. The highest BCUT2D eigenvalue weighted by Gasteiger charge is 2.34. The number of amides is 3. The van der Waals surface area contributed by atoms with Gasteiger partial charge in [0.05, 0.1) is 12.6 Å². The number of benzene rings is 1. The van der Waals surface area contributed by atoms with Crippen molar-refractivity contribution < 1.29 is 19.1 Å². The van der Waals surface area contributed by atoms with Crippen molar-refractivity contribution in [3.63, 3.8) is 0 Å². The van der Waals surface area contributed by atoms with Gasteiger partial charge in [-0.1, -0.05) is 42.5 Å². The molecule has 2 aliphatic rings. The summed E-state index contributed by atoms with van der Waals surface area (Å²) in [5, 5.41) is 0. The predicted octanol–water partition coefficient (Wildman–Crippen LogP) is 2.51. The summed E-state index contributed by atoms with van der Waals surface area (Å²) in [6.07, 6.45) is 6.91. The smallest absolute Gasteiger partial charge is 0.248 e. The first-order chi connectivity index (χ1) is 16.0. The van der Waals surface area contributed by atoms with Gasteiger partial charge in [0.15, 0.2) is 0 Å². The number of carbonyl (C=O) groups is 3. The van der Waals surface area contributed by atoms with Crippen LogP contribution in [0.5, 0.6) is 0 Å². The lowest BCUT2D eigenvalue weighted by Gasteiger charge is -2.28. The van der Waals surface area contributed by atoms with Crippen LogP contribution in [0.4, 0.5) is 0 Å². The van der Waals surface area contributed by atoms with Crippen LogP contribution in [0.15, 0.2) is 42.5 Å². The van der Waals surface area contributed by atoms with Crippen LogP contribution >= 0.6 is 0 Å². The van der Waals surface area contributed by atoms with Gasteiger partial charge in [-0.25, -0.2) is 0 Å². The zero-order chi connectivity index (χ0) is 23.6. The van der Waals surface area contributed by atoms with E-state index in [0.717, 1.165) is 24.8 Å². The number of rotatable bonds is 9. The summed E-state index contributed by atoms with van der Waals surface area (Å²) in [5.41, 5.74) is 1.16. The van der Waals surface area contributed by atoms with Crippen LogP contribution in [-0.4, -0.2) is 84.4 Å². The summed E-state index contributed by atoms with van der Waals surface area (Å²) in [6.45, 7) is 6.44. The topological polar surface area (TPSA) is 70.2 Å². The molecule has 7 heteroatoms. The van der Waals surface area contributed by atoms with E-state index < -0.39 is 6.10 Å². The molecule has 0 spiro atoms. The third-order valence-corrected chi connectivity index (χ3v) is 6.53. The molecule has 2 unspecified atom stereocenters. The Balaban J connectivity index is 1.69. The zero-order valence-electron chi connectivity index (χ0n) is 19.9. The molecular formula is C26H37N3O4. The average molecular weight is 456 g/mol. The van der Waals surface area contributed by atoms with Gasteiger partial charge in [0.2, 0.25) is 17.7 Å². The molecule has 1 aliphatic carbocycles. The van der Waals surface area contributed by atoms with Crippen molar-refractivity contribution in [2.24, 2.45) is 5.92 Å². The summed E-state index contributed by atoms with van der Waals surface area (Å²) in [7, 11) is 0. The second-order valence-corrected chi connectivity index (χ2v) is 8.77. The Morgan fingerprint density at radius 1 is 1.09 bits per heavy atom. The molecule has 1 aromatic rings. The maximum absolute atomic E-state index is 13.2. The Morgan fingerprint density at radius 2 is 1.85 bits per heavy atom. The Labute approximate surface area is 197 Å². The summed E-state index contributed by atoms with van der Waals surface area (Å²) < 4.78 is 6.01. The van der Waals surface area contributed by atoms with E-state index in [0.29, 0.717) is 39.1 Å². The van der Waals surface area contributed by atoms with Crippen LogP contribution in [0.2, 0.25) is 0 Å². The first-order valence-corrected chi connectivity index (χ1v) is 12.2. The van der Waals surface area contributed by atoms with Crippen molar-refractivity contribution in [1.29, 1.82) is 0 Å². The molecule has 1 heterocycles. The highest BCUT2D eigenvalue weighted by atomic mass is 16.5. The minimum Gasteiger partial charge on any atom is -0.365 e. The van der Waals surface area contributed by atoms with Crippen LogP contribution in [0.25, 0.3) is 0 Å². The second kappa shape index (κ2) is 12.5. The van der Waals surface area contributed by atoms with Crippen molar-refractivity contribution >= 4 is 17.7 Å². The van der Waals surface area contributed by atoms with Crippen LogP contribution in [-0.2, 0) is 25.5 Å². The molecule has 1 aliphatic heterocycles. The quantitative estimate of drug-likeness (QED) is 0.537. The van der Waals surface area contributed by atoms with Crippen molar-refractivity contribution in [3.8, 4) is 0 Å². The largest absolute Gasteiger partial charge is 0.365 e. The SMILES string of the molecule is CCN(CC)C(=O)COC1CN(CCc2ccccc2)C(=O)CN(C(=O)C2CC=CCC2)C1. The van der Waals surface area contributed by atoms with Gasteiger partial charge in [0, 0.05) is 38.6 Å². The molecule has 1 saturated heterocycles. The lowest BCUT2D eigenvalue weighted by Crippen LogP contribution is -2.43. The highest BCUT2D eigenvalue weighted by molar-refractivity contribution is 5.86. The molecule has 0 bridgehead atoms. The van der Waals surface area contributed by atoms with Crippen molar-refractivity contribution in [2.75, 3.05) is 45.9 Å². The second-order valence-electron chi connectivity index (χ2n) is 8.77. The molecule has 0 N–H and O–H groups in total. The number of likely N-dealkylation sites (N-methyl/N-ethyl adjacent to an activating group) is 1. The number of allylic oxidation sites excluding steroid dienone is 2. The minimum absolute atomic E-state index is 0.0151. The summed E-state index contributed by atoms with van der Waals surface area (Å²) in [6, 6.07) is 10.0. The predicted molar refractivity (Wildman–Crippen MR) is 127 cm³/mol. The average Bonchev–Trinajstić information content (AvgIpc) is 3.01. The van der Waals surface area contributed by atoms with Crippen LogP contribution in [0.3, 0.4) is 0 Å². The molecular weight excluding hydrogens is 418 g/mol. The van der Waals surface area contributed by atoms with E-state index in [1.807, 2.05) is 44.2 Å². The van der Waals surface area contributed by atoms with Crippen LogP contribution < -0.4 is 0 Å². The monoisotopic (exact) mass is 455 g/mol. The molecule has 1 fully saturated rings. The standard InChI is InChI=1S/C26H37N3O4/c1-3-27(4-2)25(31)20-33-23-17-28(16-15-21-11-7-5-8-12-21)24(30)19-29(18-23)26(32)22-13-9-6-10-14-22/h5-9,11-12,22-23H,3-4,10,13-20H2,1-2H3. The molecule has 33 heavy (non-hydrogen) atoms.